The summed E-state index contributed by atoms with van der Waals surface area (Å²) in [5.74, 6) is 1.00. The number of rotatable bonds is 4. The van der Waals surface area contributed by atoms with Crippen molar-refractivity contribution in [1.82, 2.24) is 5.32 Å². The Kier molecular flexibility index (Phi) is 3.73. The lowest BCUT2D eigenvalue weighted by atomic mass is 9.94. The molecule has 2 aromatic carbocycles. The van der Waals surface area contributed by atoms with Gasteiger partial charge in [0.05, 0.1) is 6.04 Å². The molecule has 1 heterocycles. The van der Waals surface area contributed by atoms with E-state index in [0.29, 0.717) is 0 Å². The van der Waals surface area contributed by atoms with Crippen LogP contribution < -0.4 is 10.1 Å². The van der Waals surface area contributed by atoms with Crippen molar-refractivity contribution in [2.75, 3.05) is 0 Å². The van der Waals surface area contributed by atoms with Crippen LogP contribution in [0, 0.1) is 0 Å². The number of fused-ring (bicyclic) bond motifs is 1. The summed E-state index contributed by atoms with van der Waals surface area (Å²) in [7, 11) is 0. The zero-order valence-electron chi connectivity index (χ0n) is 13.0. The second-order valence-corrected chi connectivity index (χ2v) is 6.18. The lowest BCUT2D eigenvalue weighted by molar-refractivity contribution is 0.0958. The summed E-state index contributed by atoms with van der Waals surface area (Å²) in [5.41, 5.74) is 3.83. The van der Waals surface area contributed by atoms with E-state index in [4.69, 9.17) is 4.74 Å². The Morgan fingerprint density at radius 2 is 1.67 bits per heavy atom. The van der Waals surface area contributed by atoms with E-state index in [-0.39, 0.29) is 11.6 Å². The van der Waals surface area contributed by atoms with Crippen LogP contribution in [0.25, 0.3) is 0 Å². The maximum Gasteiger partial charge on any atom is 0.125 e. The Labute approximate surface area is 127 Å². The summed E-state index contributed by atoms with van der Waals surface area (Å²) in [6.07, 6.45) is 1.07. The van der Waals surface area contributed by atoms with Crippen LogP contribution in [0.15, 0.2) is 48.5 Å². The molecular weight excluding hydrogens is 258 g/mol. The van der Waals surface area contributed by atoms with E-state index in [2.05, 4.69) is 68.6 Å². The summed E-state index contributed by atoms with van der Waals surface area (Å²) in [6.45, 7) is 7.37. The number of para-hydroxylation sites is 1. The molecule has 0 saturated heterocycles. The van der Waals surface area contributed by atoms with Gasteiger partial charge >= 0.3 is 0 Å². The number of nitrogens with one attached hydrogen (secondary N) is 1. The minimum absolute atomic E-state index is 0.217. The molecule has 110 valence electrons. The molecule has 0 aliphatic carbocycles. The van der Waals surface area contributed by atoms with Crippen molar-refractivity contribution < 1.29 is 4.74 Å². The first kappa shape index (κ1) is 14.2. The monoisotopic (exact) mass is 281 g/mol. The van der Waals surface area contributed by atoms with Crippen molar-refractivity contribution >= 4 is 0 Å². The number of aryl methyl sites for hydroxylation is 1. The summed E-state index contributed by atoms with van der Waals surface area (Å²) in [5, 5.41) is 3.69. The van der Waals surface area contributed by atoms with Crippen molar-refractivity contribution in [3.05, 3.63) is 65.2 Å². The van der Waals surface area contributed by atoms with Gasteiger partial charge in [0.15, 0.2) is 0 Å². The second-order valence-electron chi connectivity index (χ2n) is 6.18. The van der Waals surface area contributed by atoms with Crippen molar-refractivity contribution in [2.24, 2.45) is 0 Å². The molecule has 1 unspecified atom stereocenters. The van der Waals surface area contributed by atoms with Crippen LogP contribution in [-0.4, -0.2) is 5.60 Å². The van der Waals surface area contributed by atoms with Crippen LogP contribution in [0.3, 0.4) is 0 Å². The Morgan fingerprint density at radius 1 is 1.00 bits per heavy atom. The first-order valence-electron chi connectivity index (χ1n) is 7.70. The van der Waals surface area contributed by atoms with Crippen molar-refractivity contribution in [3.63, 3.8) is 0 Å². The maximum atomic E-state index is 6.09. The predicted molar refractivity (Wildman–Crippen MR) is 86.5 cm³/mol. The van der Waals surface area contributed by atoms with E-state index in [1.54, 1.807) is 0 Å². The molecule has 0 saturated carbocycles. The standard InChI is InChI=1S/C19H23NO/c1-4-14-9-5-6-10-15(14)13-20-18-16-11-7-8-12-17(16)21-19(18,2)3/h5-12,18,20H,4,13H2,1-3H3. The van der Waals surface area contributed by atoms with Gasteiger partial charge in [0.1, 0.15) is 11.4 Å². The Balaban J connectivity index is 1.81. The highest BCUT2D eigenvalue weighted by atomic mass is 16.5. The summed E-state index contributed by atoms with van der Waals surface area (Å²) in [4.78, 5) is 0. The van der Waals surface area contributed by atoms with Gasteiger partial charge in [-0.2, -0.15) is 0 Å². The normalized spacial score (nSPS) is 19.1. The average molecular weight is 281 g/mol. The number of hydrogen-bond donors (Lipinski definition) is 1. The highest BCUT2D eigenvalue weighted by Crippen LogP contribution is 2.42. The molecule has 21 heavy (non-hydrogen) atoms. The van der Waals surface area contributed by atoms with Gasteiger partial charge in [0.25, 0.3) is 0 Å². The molecule has 0 amide bonds. The van der Waals surface area contributed by atoms with Crippen LogP contribution in [0.2, 0.25) is 0 Å². The van der Waals surface area contributed by atoms with Crippen LogP contribution in [0.5, 0.6) is 5.75 Å². The first-order valence-corrected chi connectivity index (χ1v) is 7.70. The smallest absolute Gasteiger partial charge is 0.125 e. The van der Waals surface area contributed by atoms with Gasteiger partial charge in [-0.05, 0) is 37.5 Å². The lowest BCUT2D eigenvalue weighted by Gasteiger charge is -2.27. The Bertz CT molecular complexity index is 633. The topological polar surface area (TPSA) is 21.3 Å². The van der Waals surface area contributed by atoms with Crippen LogP contribution in [0.4, 0.5) is 0 Å². The van der Waals surface area contributed by atoms with E-state index < -0.39 is 0 Å². The molecule has 1 aliphatic rings. The van der Waals surface area contributed by atoms with Gasteiger partial charge in [0.2, 0.25) is 0 Å². The molecule has 2 aromatic rings. The van der Waals surface area contributed by atoms with Crippen molar-refractivity contribution in [2.45, 2.75) is 45.4 Å². The van der Waals surface area contributed by atoms with E-state index in [1.165, 1.54) is 16.7 Å². The summed E-state index contributed by atoms with van der Waals surface area (Å²) >= 11 is 0. The van der Waals surface area contributed by atoms with E-state index in [9.17, 15) is 0 Å². The minimum Gasteiger partial charge on any atom is -0.486 e. The third kappa shape index (κ3) is 2.68. The fourth-order valence-electron chi connectivity index (χ4n) is 3.17. The zero-order valence-corrected chi connectivity index (χ0v) is 13.0. The largest absolute Gasteiger partial charge is 0.486 e. The quantitative estimate of drug-likeness (QED) is 0.904. The van der Waals surface area contributed by atoms with Crippen LogP contribution in [0.1, 0.15) is 43.5 Å². The number of hydrogen-bond acceptors (Lipinski definition) is 2. The highest BCUT2D eigenvalue weighted by molar-refractivity contribution is 5.42. The maximum absolute atomic E-state index is 6.09. The van der Waals surface area contributed by atoms with Gasteiger partial charge in [-0.15, -0.1) is 0 Å². The third-order valence-corrected chi connectivity index (χ3v) is 4.29. The van der Waals surface area contributed by atoms with Crippen molar-refractivity contribution in [1.29, 1.82) is 0 Å². The molecule has 0 fully saturated rings. The number of ether oxygens (including phenoxy) is 1. The molecule has 1 atom stereocenters. The Hall–Kier alpha value is -1.80. The third-order valence-electron chi connectivity index (χ3n) is 4.29. The minimum atomic E-state index is -0.217. The molecule has 2 heteroatoms. The lowest BCUT2D eigenvalue weighted by Crippen LogP contribution is -2.38. The molecule has 3 rings (SSSR count). The molecule has 1 N–H and O–H groups in total. The molecule has 0 radical (unpaired) electrons. The van der Waals surface area contributed by atoms with Gasteiger partial charge in [-0.3, -0.25) is 0 Å². The Morgan fingerprint density at radius 3 is 2.43 bits per heavy atom. The van der Waals surface area contributed by atoms with Gasteiger partial charge < -0.3 is 10.1 Å². The molecule has 1 aliphatic heterocycles. The molecule has 0 spiro atoms. The SMILES string of the molecule is CCc1ccccc1CNC1c2ccccc2OC1(C)C. The highest BCUT2D eigenvalue weighted by Gasteiger charge is 2.40. The number of benzene rings is 2. The van der Waals surface area contributed by atoms with E-state index in [0.717, 1.165) is 18.7 Å². The van der Waals surface area contributed by atoms with E-state index >= 15 is 0 Å². The van der Waals surface area contributed by atoms with Crippen molar-refractivity contribution in [3.8, 4) is 5.75 Å². The van der Waals surface area contributed by atoms with Gasteiger partial charge in [-0.1, -0.05) is 49.4 Å². The fourth-order valence-corrected chi connectivity index (χ4v) is 3.17. The fraction of sp³-hybridized carbons (Fsp3) is 0.368. The summed E-state index contributed by atoms with van der Waals surface area (Å²) < 4.78 is 6.09. The second kappa shape index (κ2) is 5.53. The predicted octanol–water partition coefficient (Wildman–Crippen LogP) is 4.25. The molecule has 2 nitrogen and oxygen atoms in total. The van der Waals surface area contributed by atoms with Gasteiger partial charge in [0, 0.05) is 12.1 Å². The molecular formula is C19H23NO. The molecule has 0 bridgehead atoms. The van der Waals surface area contributed by atoms with Crippen LogP contribution >= 0.6 is 0 Å². The van der Waals surface area contributed by atoms with Crippen LogP contribution in [-0.2, 0) is 13.0 Å². The molecule has 0 aromatic heterocycles. The first-order chi connectivity index (χ1) is 10.1. The summed E-state index contributed by atoms with van der Waals surface area (Å²) in [6, 6.07) is 17.2. The zero-order chi connectivity index (χ0) is 14.9. The van der Waals surface area contributed by atoms with E-state index in [1.807, 2.05) is 6.07 Å². The average Bonchev–Trinajstić information content (AvgIpc) is 2.75. The van der Waals surface area contributed by atoms with Gasteiger partial charge in [-0.25, -0.2) is 0 Å².